The molecule has 5 aromatic rings. The number of thiocarbonyl (C=S) groups is 1. The van der Waals surface area contributed by atoms with Crippen LogP contribution in [0.4, 0.5) is 11.4 Å². The van der Waals surface area contributed by atoms with Crippen LogP contribution in [0.25, 0.3) is 34.0 Å². The number of carbonyl (C=O) groups is 1. The van der Waals surface area contributed by atoms with Gasteiger partial charge in [-0.2, -0.15) is 21.8 Å². The van der Waals surface area contributed by atoms with Gasteiger partial charge in [-0.3, -0.25) is 13.9 Å². The van der Waals surface area contributed by atoms with Gasteiger partial charge >= 0.3 is 0 Å². The molecule has 43 heavy (non-hydrogen) atoms. The number of isothiocyanates is 1. The van der Waals surface area contributed by atoms with Gasteiger partial charge in [0.1, 0.15) is 9.79 Å². The van der Waals surface area contributed by atoms with E-state index < -0.39 is 35.9 Å². The number of carbonyl (C=O) groups excluding carboxylic acids is 1. The average Bonchev–Trinajstić information content (AvgIpc) is 2.95. The molecule has 1 heterocycles. The number of para-hydroxylation sites is 2. The van der Waals surface area contributed by atoms with Gasteiger partial charge in [-0.1, -0.05) is 60.7 Å². The molecule has 0 fully saturated rings. The SMILES string of the molecule is CC(=O)Nc1ccc(/C=C/c2ccc(N=C=S)cc2S(=O)(=O)O)c(S(=O)(=O)O)c1.c1ccc2nc3ccccc3cc2c1. The van der Waals surface area contributed by atoms with Crippen molar-refractivity contribution in [3.63, 3.8) is 0 Å². The molecule has 0 saturated carbocycles. The Labute approximate surface area is 252 Å². The molecule has 0 radical (unpaired) electrons. The molecular weight excluding hydrogens is 611 g/mol. The van der Waals surface area contributed by atoms with Gasteiger partial charge in [0.05, 0.1) is 21.9 Å². The number of nitrogens with zero attached hydrogens (tertiary/aromatic N) is 2. The second-order valence-corrected chi connectivity index (χ2v) is 12.0. The minimum Gasteiger partial charge on any atom is -0.326 e. The summed E-state index contributed by atoms with van der Waals surface area (Å²) in [4.78, 5) is 18.4. The van der Waals surface area contributed by atoms with Crippen molar-refractivity contribution in [2.45, 2.75) is 16.7 Å². The summed E-state index contributed by atoms with van der Waals surface area (Å²) >= 11 is 4.45. The number of aliphatic imine (C=N–C) groups is 1. The molecule has 1 amide bonds. The van der Waals surface area contributed by atoms with Crippen LogP contribution in [0.3, 0.4) is 0 Å². The van der Waals surface area contributed by atoms with Crippen LogP contribution in [0.15, 0.2) is 106 Å². The van der Waals surface area contributed by atoms with Crippen LogP contribution in [0.5, 0.6) is 0 Å². The lowest BCUT2D eigenvalue weighted by molar-refractivity contribution is -0.114. The molecule has 0 aliphatic rings. The summed E-state index contributed by atoms with van der Waals surface area (Å²) in [6, 6.07) is 26.1. The number of anilines is 1. The molecule has 4 aromatic carbocycles. The standard InChI is InChI=1S/C17H14N2O7S3.C13H9N/c1-11(20)19-15-7-5-13(17(9-15)29(24,25)26)3-2-12-4-6-14(18-10-27)8-16(12)28(21,22)23;1-3-7-12-10(5-1)9-11-6-2-4-8-13(11)14-12/h2-9H,1H3,(H,19,20)(H,21,22,23)(H,24,25,26);1-9H/b3-2+;. The quantitative estimate of drug-likeness (QED) is 0.0628. The molecule has 0 aliphatic heterocycles. The summed E-state index contributed by atoms with van der Waals surface area (Å²) in [5, 5.41) is 6.86. The van der Waals surface area contributed by atoms with Crippen LogP contribution in [0.1, 0.15) is 18.1 Å². The molecule has 0 atom stereocenters. The lowest BCUT2D eigenvalue weighted by Gasteiger charge is -2.08. The van der Waals surface area contributed by atoms with E-state index in [1.807, 2.05) is 36.4 Å². The minimum absolute atomic E-state index is 0.0175. The average molecular weight is 634 g/mol. The first-order valence-corrected chi connectivity index (χ1v) is 15.6. The van der Waals surface area contributed by atoms with Gasteiger partial charge in [0.15, 0.2) is 0 Å². The molecule has 5 rings (SSSR count). The Balaban J connectivity index is 0.000000248. The monoisotopic (exact) mass is 633 g/mol. The molecule has 0 saturated heterocycles. The minimum atomic E-state index is -4.65. The number of fused-ring (bicyclic) bond motifs is 2. The van der Waals surface area contributed by atoms with E-state index >= 15 is 0 Å². The molecular formula is C30H23N3O7S3. The van der Waals surface area contributed by atoms with E-state index in [-0.39, 0.29) is 22.5 Å². The molecule has 13 heteroatoms. The Kier molecular flexibility index (Phi) is 9.56. The second kappa shape index (κ2) is 13.1. The highest BCUT2D eigenvalue weighted by molar-refractivity contribution is 7.86. The first-order valence-electron chi connectivity index (χ1n) is 12.4. The van der Waals surface area contributed by atoms with Crippen molar-refractivity contribution < 1.29 is 30.7 Å². The van der Waals surface area contributed by atoms with Gasteiger partial charge < -0.3 is 5.32 Å². The predicted octanol–water partition coefficient (Wildman–Crippen LogP) is 6.43. The molecule has 218 valence electrons. The third kappa shape index (κ3) is 8.23. The number of aromatic nitrogens is 1. The third-order valence-corrected chi connectivity index (χ3v) is 7.84. The highest BCUT2D eigenvalue weighted by atomic mass is 32.2. The smallest absolute Gasteiger partial charge is 0.295 e. The fourth-order valence-corrected chi connectivity index (χ4v) is 5.60. The van der Waals surface area contributed by atoms with Gasteiger partial charge in [0.25, 0.3) is 20.2 Å². The van der Waals surface area contributed by atoms with Crippen LogP contribution in [-0.2, 0) is 25.0 Å². The van der Waals surface area contributed by atoms with E-state index in [0.717, 1.165) is 23.2 Å². The van der Waals surface area contributed by atoms with Crippen molar-refractivity contribution in [2.24, 2.45) is 4.99 Å². The number of hydrogen-bond acceptors (Lipinski definition) is 8. The van der Waals surface area contributed by atoms with Crippen LogP contribution in [0.2, 0.25) is 0 Å². The topological polar surface area (TPSA) is 163 Å². The fraction of sp³-hybridized carbons (Fsp3) is 0.0333. The zero-order valence-electron chi connectivity index (χ0n) is 22.4. The van der Waals surface area contributed by atoms with Crippen LogP contribution >= 0.6 is 12.2 Å². The van der Waals surface area contributed by atoms with Gasteiger partial charge in [-0.15, -0.1) is 0 Å². The van der Waals surface area contributed by atoms with Gasteiger partial charge in [-0.05, 0) is 65.8 Å². The summed E-state index contributed by atoms with van der Waals surface area (Å²) in [7, 11) is -9.28. The normalized spacial score (nSPS) is 11.5. The van der Waals surface area contributed by atoms with E-state index in [1.54, 1.807) is 0 Å². The Morgan fingerprint density at radius 2 is 1.30 bits per heavy atom. The predicted molar refractivity (Wildman–Crippen MR) is 170 cm³/mol. The van der Waals surface area contributed by atoms with Gasteiger partial charge in [0.2, 0.25) is 5.91 Å². The summed E-state index contributed by atoms with van der Waals surface area (Å²) in [5.41, 5.74) is 2.45. The van der Waals surface area contributed by atoms with Crippen molar-refractivity contribution in [3.8, 4) is 0 Å². The Hall–Kier alpha value is -4.62. The maximum Gasteiger partial charge on any atom is 0.295 e. The molecule has 0 bridgehead atoms. The number of pyridine rings is 1. The molecule has 0 unspecified atom stereocenters. The molecule has 0 aliphatic carbocycles. The number of amides is 1. The first kappa shape index (κ1) is 31.3. The van der Waals surface area contributed by atoms with E-state index in [4.69, 9.17) is 0 Å². The Bertz CT molecular complexity index is 2050. The Morgan fingerprint density at radius 3 is 1.81 bits per heavy atom. The van der Waals surface area contributed by atoms with Crippen molar-refractivity contribution in [1.29, 1.82) is 0 Å². The highest BCUT2D eigenvalue weighted by Gasteiger charge is 2.17. The number of benzene rings is 4. The van der Waals surface area contributed by atoms with Crippen molar-refractivity contribution in [1.82, 2.24) is 4.98 Å². The van der Waals surface area contributed by atoms with Crippen LogP contribution in [0, 0.1) is 0 Å². The van der Waals surface area contributed by atoms with Crippen LogP contribution in [-0.4, -0.2) is 42.0 Å². The second-order valence-electron chi connectivity index (χ2n) is 9.02. The summed E-state index contributed by atoms with van der Waals surface area (Å²) < 4.78 is 65.6. The van der Waals surface area contributed by atoms with Crippen molar-refractivity contribution in [3.05, 3.63) is 102 Å². The van der Waals surface area contributed by atoms with Crippen molar-refractivity contribution >= 4 is 88.9 Å². The molecule has 3 N–H and O–H groups in total. The number of nitrogens with one attached hydrogen (secondary N) is 1. The molecule has 0 spiro atoms. The van der Waals surface area contributed by atoms with Gasteiger partial charge in [0, 0.05) is 23.4 Å². The largest absolute Gasteiger partial charge is 0.326 e. The molecule has 10 nitrogen and oxygen atoms in total. The lowest BCUT2D eigenvalue weighted by atomic mass is 10.1. The number of hydrogen-bond donors (Lipinski definition) is 3. The van der Waals surface area contributed by atoms with Gasteiger partial charge in [-0.25, -0.2) is 4.98 Å². The summed E-state index contributed by atoms with van der Waals surface area (Å²) in [6.07, 6.45) is 2.46. The van der Waals surface area contributed by atoms with E-state index in [2.05, 4.69) is 50.9 Å². The summed E-state index contributed by atoms with van der Waals surface area (Å²) in [5.74, 6) is -0.438. The third-order valence-electron chi connectivity index (χ3n) is 5.93. The Morgan fingerprint density at radius 1 is 0.791 bits per heavy atom. The van der Waals surface area contributed by atoms with E-state index in [1.165, 1.54) is 54.1 Å². The zero-order valence-corrected chi connectivity index (χ0v) is 24.8. The van der Waals surface area contributed by atoms with E-state index in [9.17, 15) is 30.7 Å². The molecule has 1 aromatic heterocycles. The fourth-order valence-electron chi connectivity index (χ4n) is 4.08. The summed E-state index contributed by atoms with van der Waals surface area (Å²) in [6.45, 7) is 1.23. The number of rotatable bonds is 6. The van der Waals surface area contributed by atoms with Crippen LogP contribution < -0.4 is 5.32 Å². The highest BCUT2D eigenvalue weighted by Crippen LogP contribution is 2.27. The lowest BCUT2D eigenvalue weighted by Crippen LogP contribution is -2.08. The zero-order chi connectivity index (χ0) is 31.2. The maximum absolute atomic E-state index is 11.7. The maximum atomic E-state index is 11.7. The first-order chi connectivity index (χ1) is 20.3. The van der Waals surface area contributed by atoms with E-state index in [0.29, 0.717) is 0 Å². The van der Waals surface area contributed by atoms with Crippen molar-refractivity contribution in [2.75, 3.05) is 5.32 Å².